The first kappa shape index (κ1) is 12.6. The van der Waals surface area contributed by atoms with Crippen LogP contribution in [-0.4, -0.2) is 24.3 Å². The lowest BCUT2D eigenvalue weighted by Crippen LogP contribution is -2.56. The first-order chi connectivity index (χ1) is 7.99. The van der Waals surface area contributed by atoms with E-state index in [1.807, 2.05) is 0 Å². The quantitative estimate of drug-likeness (QED) is 0.867. The highest BCUT2D eigenvalue weighted by Gasteiger charge is 2.36. The Morgan fingerprint density at radius 2 is 1.82 bits per heavy atom. The molecule has 1 unspecified atom stereocenters. The van der Waals surface area contributed by atoms with Crippen molar-refractivity contribution in [1.82, 2.24) is 5.32 Å². The van der Waals surface area contributed by atoms with Crippen molar-refractivity contribution < 1.29 is 4.74 Å². The normalized spacial score (nSPS) is 27.9. The van der Waals surface area contributed by atoms with E-state index in [2.05, 4.69) is 56.4 Å². The molecule has 0 bridgehead atoms. The molecule has 1 atom stereocenters. The van der Waals surface area contributed by atoms with E-state index in [1.165, 1.54) is 5.56 Å². The van der Waals surface area contributed by atoms with Crippen molar-refractivity contribution >= 4 is 0 Å². The highest BCUT2D eigenvalue weighted by molar-refractivity contribution is 5.15. The fourth-order valence-corrected chi connectivity index (χ4v) is 2.56. The first-order valence-corrected chi connectivity index (χ1v) is 6.44. The van der Waals surface area contributed by atoms with Gasteiger partial charge in [0.05, 0.1) is 11.2 Å². The number of hydrogen-bond donors (Lipinski definition) is 1. The van der Waals surface area contributed by atoms with E-state index in [9.17, 15) is 0 Å². The van der Waals surface area contributed by atoms with Crippen LogP contribution in [-0.2, 0) is 11.2 Å². The zero-order chi connectivity index (χ0) is 12.4. The van der Waals surface area contributed by atoms with Crippen LogP contribution in [0.15, 0.2) is 30.3 Å². The van der Waals surface area contributed by atoms with Crippen molar-refractivity contribution in [1.29, 1.82) is 0 Å². The second-order valence-corrected chi connectivity index (χ2v) is 5.90. The Bertz CT molecular complexity index is 360. The van der Waals surface area contributed by atoms with Gasteiger partial charge in [0, 0.05) is 13.1 Å². The summed E-state index contributed by atoms with van der Waals surface area (Å²) >= 11 is 0. The minimum absolute atomic E-state index is 0.0441. The first-order valence-electron chi connectivity index (χ1n) is 6.44. The van der Waals surface area contributed by atoms with Gasteiger partial charge >= 0.3 is 0 Å². The highest BCUT2D eigenvalue weighted by Crippen LogP contribution is 2.27. The average molecular weight is 233 g/mol. The minimum Gasteiger partial charge on any atom is -0.367 e. The molecule has 17 heavy (non-hydrogen) atoms. The molecule has 0 spiro atoms. The molecule has 94 valence electrons. The van der Waals surface area contributed by atoms with Crippen molar-refractivity contribution in [2.75, 3.05) is 13.1 Å². The van der Waals surface area contributed by atoms with E-state index in [0.717, 1.165) is 25.9 Å². The lowest BCUT2D eigenvalue weighted by atomic mass is 9.92. The van der Waals surface area contributed by atoms with E-state index >= 15 is 0 Å². The summed E-state index contributed by atoms with van der Waals surface area (Å²) in [6.45, 7) is 8.40. The summed E-state index contributed by atoms with van der Waals surface area (Å²) in [7, 11) is 0. The molecular formula is C15H23NO. The zero-order valence-electron chi connectivity index (χ0n) is 11.1. The topological polar surface area (TPSA) is 21.3 Å². The molecule has 0 saturated carbocycles. The van der Waals surface area contributed by atoms with Crippen LogP contribution >= 0.6 is 0 Å². The number of ether oxygens (including phenoxy) is 1. The maximum absolute atomic E-state index is 6.22. The molecule has 2 heteroatoms. The Kier molecular flexibility index (Phi) is 3.55. The van der Waals surface area contributed by atoms with E-state index in [1.54, 1.807) is 0 Å². The average Bonchev–Trinajstić information content (AvgIpc) is 2.26. The number of nitrogens with one attached hydrogen (secondary N) is 1. The monoisotopic (exact) mass is 233 g/mol. The lowest BCUT2D eigenvalue weighted by molar-refractivity contribution is -0.155. The Hall–Kier alpha value is -0.860. The second-order valence-electron chi connectivity index (χ2n) is 5.90. The molecule has 1 aliphatic heterocycles. The fourth-order valence-electron chi connectivity index (χ4n) is 2.56. The largest absolute Gasteiger partial charge is 0.367 e. The van der Waals surface area contributed by atoms with Crippen LogP contribution in [0.3, 0.4) is 0 Å². The van der Waals surface area contributed by atoms with Gasteiger partial charge in [-0.1, -0.05) is 30.3 Å². The van der Waals surface area contributed by atoms with Gasteiger partial charge in [-0.05, 0) is 39.2 Å². The number of benzene rings is 1. The standard InChI is InChI=1S/C15H23NO/c1-14(2)11-16-12-15(3,17-14)10-9-13-7-5-4-6-8-13/h4-8,16H,9-12H2,1-3H3. The van der Waals surface area contributed by atoms with Crippen LogP contribution in [0, 0.1) is 0 Å². The summed E-state index contributed by atoms with van der Waals surface area (Å²) in [6, 6.07) is 10.6. The molecular weight excluding hydrogens is 210 g/mol. The molecule has 0 amide bonds. The maximum atomic E-state index is 6.22. The molecule has 1 aromatic carbocycles. The predicted octanol–water partition coefficient (Wildman–Crippen LogP) is 2.78. The molecule has 0 aromatic heterocycles. The van der Waals surface area contributed by atoms with Crippen LogP contribution < -0.4 is 5.32 Å². The van der Waals surface area contributed by atoms with Gasteiger partial charge in [-0.3, -0.25) is 0 Å². The predicted molar refractivity (Wildman–Crippen MR) is 71.2 cm³/mol. The van der Waals surface area contributed by atoms with Crippen molar-refractivity contribution in [2.45, 2.75) is 44.8 Å². The summed E-state index contributed by atoms with van der Waals surface area (Å²) in [6.07, 6.45) is 2.14. The van der Waals surface area contributed by atoms with Gasteiger partial charge < -0.3 is 10.1 Å². The van der Waals surface area contributed by atoms with Gasteiger partial charge in [-0.25, -0.2) is 0 Å². The Balaban J connectivity index is 1.94. The third-order valence-corrected chi connectivity index (χ3v) is 3.36. The van der Waals surface area contributed by atoms with Gasteiger partial charge in [-0.15, -0.1) is 0 Å². The van der Waals surface area contributed by atoms with Crippen LogP contribution in [0.2, 0.25) is 0 Å². The van der Waals surface area contributed by atoms with E-state index in [4.69, 9.17) is 4.74 Å². The molecule has 1 aliphatic rings. The second kappa shape index (κ2) is 4.79. The Morgan fingerprint density at radius 1 is 1.12 bits per heavy atom. The third-order valence-electron chi connectivity index (χ3n) is 3.36. The molecule has 1 heterocycles. The third kappa shape index (κ3) is 3.55. The number of morpholine rings is 1. The summed E-state index contributed by atoms with van der Waals surface area (Å²) in [5.41, 5.74) is 1.29. The Morgan fingerprint density at radius 3 is 2.47 bits per heavy atom. The van der Waals surface area contributed by atoms with Crippen LogP contribution in [0.4, 0.5) is 0 Å². The van der Waals surface area contributed by atoms with Crippen LogP contribution in [0.1, 0.15) is 32.8 Å². The SMILES string of the molecule is CC1(C)CNCC(C)(CCc2ccccc2)O1. The van der Waals surface area contributed by atoms with Crippen molar-refractivity contribution in [2.24, 2.45) is 0 Å². The summed E-state index contributed by atoms with van der Waals surface area (Å²) in [4.78, 5) is 0. The molecule has 1 N–H and O–H groups in total. The van der Waals surface area contributed by atoms with Gasteiger partial charge in [0.15, 0.2) is 0 Å². The van der Waals surface area contributed by atoms with Gasteiger partial charge in [0.1, 0.15) is 0 Å². The molecule has 1 fully saturated rings. The number of rotatable bonds is 3. The minimum atomic E-state index is -0.0519. The molecule has 1 aromatic rings. The van der Waals surface area contributed by atoms with Crippen molar-refractivity contribution in [3.05, 3.63) is 35.9 Å². The zero-order valence-corrected chi connectivity index (χ0v) is 11.1. The van der Waals surface area contributed by atoms with E-state index in [0.29, 0.717) is 0 Å². The van der Waals surface area contributed by atoms with Gasteiger partial charge in [-0.2, -0.15) is 0 Å². The highest BCUT2D eigenvalue weighted by atomic mass is 16.5. The number of hydrogen-bond acceptors (Lipinski definition) is 2. The van der Waals surface area contributed by atoms with E-state index in [-0.39, 0.29) is 11.2 Å². The summed E-state index contributed by atoms with van der Waals surface area (Å²) < 4.78 is 6.22. The van der Waals surface area contributed by atoms with Gasteiger partial charge in [0.2, 0.25) is 0 Å². The number of aryl methyl sites for hydroxylation is 1. The smallest absolute Gasteiger partial charge is 0.0789 e. The molecule has 0 radical (unpaired) electrons. The van der Waals surface area contributed by atoms with E-state index < -0.39 is 0 Å². The van der Waals surface area contributed by atoms with Gasteiger partial charge in [0.25, 0.3) is 0 Å². The summed E-state index contributed by atoms with van der Waals surface area (Å²) in [5.74, 6) is 0. The van der Waals surface area contributed by atoms with Crippen LogP contribution in [0.5, 0.6) is 0 Å². The van der Waals surface area contributed by atoms with Crippen molar-refractivity contribution in [3.63, 3.8) is 0 Å². The maximum Gasteiger partial charge on any atom is 0.0789 e. The fraction of sp³-hybridized carbons (Fsp3) is 0.600. The molecule has 0 aliphatic carbocycles. The Labute approximate surface area is 104 Å². The molecule has 2 rings (SSSR count). The van der Waals surface area contributed by atoms with Crippen LogP contribution in [0.25, 0.3) is 0 Å². The molecule has 2 nitrogen and oxygen atoms in total. The molecule has 1 saturated heterocycles. The van der Waals surface area contributed by atoms with Crippen molar-refractivity contribution in [3.8, 4) is 0 Å². The summed E-state index contributed by atoms with van der Waals surface area (Å²) in [5, 5.41) is 3.48. The lowest BCUT2D eigenvalue weighted by Gasteiger charge is -2.44.